The standard InChI is InChI=1S/C9H10NO3P/c10-14-13-8-4-1-7(2-5-8)3-6-9(11)12/h1-2,4-5,10H,3,6H2,(H,11,12). The summed E-state index contributed by atoms with van der Waals surface area (Å²) in [6.07, 6.45) is 0.658. The first-order chi connectivity index (χ1) is 6.72. The third-order valence-electron chi connectivity index (χ3n) is 1.70. The van der Waals surface area contributed by atoms with Crippen LogP contribution in [0.3, 0.4) is 0 Å². The van der Waals surface area contributed by atoms with E-state index < -0.39 is 5.97 Å². The van der Waals surface area contributed by atoms with Gasteiger partial charge in [-0.15, -0.1) is 0 Å². The van der Waals surface area contributed by atoms with Gasteiger partial charge in [-0.3, -0.25) is 4.79 Å². The second-order valence-corrected chi connectivity index (χ2v) is 3.09. The zero-order valence-electron chi connectivity index (χ0n) is 7.43. The number of carbonyl (C=O) groups is 1. The fourth-order valence-corrected chi connectivity index (χ4v) is 1.25. The van der Waals surface area contributed by atoms with E-state index in [2.05, 4.69) is 0 Å². The van der Waals surface area contributed by atoms with Crippen LogP contribution in [0.2, 0.25) is 0 Å². The van der Waals surface area contributed by atoms with Crippen molar-refractivity contribution in [3.8, 4) is 5.75 Å². The highest BCUT2D eigenvalue weighted by Crippen LogP contribution is 2.16. The summed E-state index contributed by atoms with van der Waals surface area (Å²) >= 11 is 0. The first-order valence-electron chi connectivity index (χ1n) is 4.07. The highest BCUT2D eigenvalue weighted by Gasteiger charge is 1.99. The summed E-state index contributed by atoms with van der Waals surface area (Å²) in [6, 6.07) is 7.09. The van der Waals surface area contributed by atoms with Crippen LogP contribution in [0.4, 0.5) is 0 Å². The van der Waals surface area contributed by atoms with E-state index in [1.165, 1.54) is 0 Å². The molecule has 0 amide bonds. The molecule has 0 aliphatic rings. The maximum atomic E-state index is 10.3. The van der Waals surface area contributed by atoms with E-state index >= 15 is 0 Å². The van der Waals surface area contributed by atoms with Gasteiger partial charge in [0.05, 0.1) is 0 Å². The SMILES string of the molecule is N=POc1ccc(CCC(=O)O)cc1. The normalized spacial score (nSPS) is 10.0. The zero-order chi connectivity index (χ0) is 10.4. The maximum absolute atomic E-state index is 10.3. The van der Waals surface area contributed by atoms with E-state index in [0.717, 1.165) is 5.56 Å². The summed E-state index contributed by atoms with van der Waals surface area (Å²) < 4.78 is 4.91. The number of rotatable bonds is 5. The molecule has 0 aliphatic heterocycles. The molecule has 14 heavy (non-hydrogen) atoms. The Balaban J connectivity index is 2.54. The van der Waals surface area contributed by atoms with Gasteiger partial charge in [0, 0.05) is 6.42 Å². The highest BCUT2D eigenvalue weighted by atomic mass is 31.1. The van der Waals surface area contributed by atoms with Gasteiger partial charge in [-0.25, -0.2) is 5.16 Å². The van der Waals surface area contributed by atoms with E-state index in [1.807, 2.05) is 12.1 Å². The molecule has 0 bridgehead atoms. The molecule has 1 aromatic rings. The van der Waals surface area contributed by atoms with E-state index in [4.69, 9.17) is 14.8 Å². The summed E-state index contributed by atoms with van der Waals surface area (Å²) in [5.41, 5.74) is 0.960. The number of hydrogen-bond donors (Lipinski definition) is 2. The van der Waals surface area contributed by atoms with Crippen molar-refractivity contribution >= 4 is 14.6 Å². The molecule has 0 aliphatic carbocycles. The van der Waals surface area contributed by atoms with Crippen LogP contribution in [0.1, 0.15) is 12.0 Å². The van der Waals surface area contributed by atoms with Crippen molar-refractivity contribution in [1.82, 2.24) is 0 Å². The molecule has 4 nitrogen and oxygen atoms in total. The van der Waals surface area contributed by atoms with Crippen LogP contribution in [-0.2, 0) is 11.2 Å². The summed E-state index contributed by atoms with van der Waals surface area (Å²) in [5, 5.41) is 15.3. The number of carboxylic acids is 1. The van der Waals surface area contributed by atoms with Crippen LogP contribution in [0.25, 0.3) is 0 Å². The Morgan fingerprint density at radius 2 is 2.07 bits per heavy atom. The number of benzene rings is 1. The Kier molecular flexibility index (Phi) is 4.08. The first kappa shape index (κ1) is 10.7. The van der Waals surface area contributed by atoms with E-state index in [0.29, 0.717) is 12.2 Å². The lowest BCUT2D eigenvalue weighted by Gasteiger charge is -2.00. The Morgan fingerprint density at radius 3 is 2.57 bits per heavy atom. The van der Waals surface area contributed by atoms with Gasteiger partial charge < -0.3 is 9.63 Å². The first-order valence-corrected chi connectivity index (χ1v) is 4.88. The summed E-state index contributed by atoms with van der Waals surface area (Å²) in [5.74, 6) is -0.171. The summed E-state index contributed by atoms with van der Waals surface area (Å²) in [4.78, 5) is 10.3. The van der Waals surface area contributed by atoms with Crippen molar-refractivity contribution in [2.75, 3.05) is 0 Å². The van der Waals surface area contributed by atoms with Gasteiger partial charge in [0.15, 0.2) is 0 Å². The summed E-state index contributed by atoms with van der Waals surface area (Å²) in [7, 11) is 0.110. The van der Waals surface area contributed by atoms with Crippen molar-refractivity contribution in [1.29, 1.82) is 5.16 Å². The Morgan fingerprint density at radius 1 is 1.43 bits per heavy atom. The predicted molar refractivity (Wildman–Crippen MR) is 52.7 cm³/mol. The number of nitrogens with one attached hydrogen (secondary N) is 1. The molecule has 2 N–H and O–H groups in total. The maximum Gasteiger partial charge on any atom is 0.303 e. The highest BCUT2D eigenvalue weighted by molar-refractivity contribution is 7.19. The van der Waals surface area contributed by atoms with Crippen LogP contribution >= 0.6 is 8.60 Å². The molecule has 1 aromatic carbocycles. The molecule has 0 heterocycles. The zero-order valence-corrected chi connectivity index (χ0v) is 8.33. The molecular formula is C9H10NO3P. The minimum atomic E-state index is -0.796. The Bertz CT molecular complexity index is 323. The number of aliphatic carboxylic acids is 1. The smallest absolute Gasteiger partial charge is 0.303 e. The van der Waals surface area contributed by atoms with Gasteiger partial charge in [0.25, 0.3) is 0 Å². The van der Waals surface area contributed by atoms with Crippen LogP contribution in [0.15, 0.2) is 24.3 Å². The molecule has 0 spiro atoms. The van der Waals surface area contributed by atoms with Crippen molar-refractivity contribution in [3.05, 3.63) is 29.8 Å². The minimum Gasteiger partial charge on any atom is -0.481 e. The lowest BCUT2D eigenvalue weighted by atomic mass is 10.1. The average Bonchev–Trinajstić information content (AvgIpc) is 2.17. The molecule has 0 atom stereocenters. The molecule has 0 fully saturated rings. The van der Waals surface area contributed by atoms with Crippen molar-refractivity contribution < 1.29 is 14.4 Å². The van der Waals surface area contributed by atoms with Gasteiger partial charge in [-0.2, -0.15) is 0 Å². The largest absolute Gasteiger partial charge is 0.481 e. The number of aryl methyl sites for hydroxylation is 1. The Hall–Kier alpha value is -1.41. The Labute approximate surface area is 83.3 Å². The van der Waals surface area contributed by atoms with Crippen LogP contribution in [-0.4, -0.2) is 11.1 Å². The molecule has 0 saturated carbocycles. The molecule has 0 unspecified atom stereocenters. The van der Waals surface area contributed by atoms with Crippen LogP contribution < -0.4 is 4.52 Å². The lowest BCUT2D eigenvalue weighted by Crippen LogP contribution is -1.96. The fraction of sp³-hybridized carbons (Fsp3) is 0.222. The fourth-order valence-electron chi connectivity index (χ4n) is 1.02. The number of hydrogen-bond acceptors (Lipinski definition) is 3. The summed E-state index contributed by atoms with van der Waals surface area (Å²) in [6.45, 7) is 0. The second-order valence-electron chi connectivity index (χ2n) is 2.72. The molecule has 0 radical (unpaired) electrons. The lowest BCUT2D eigenvalue weighted by molar-refractivity contribution is -0.136. The number of carboxylic acid groups (broad SMARTS) is 1. The third-order valence-corrected chi connectivity index (χ3v) is 2.00. The van der Waals surface area contributed by atoms with Gasteiger partial charge in [0.1, 0.15) is 5.75 Å². The van der Waals surface area contributed by atoms with E-state index in [-0.39, 0.29) is 15.0 Å². The van der Waals surface area contributed by atoms with Crippen LogP contribution in [0, 0.1) is 5.16 Å². The van der Waals surface area contributed by atoms with Crippen LogP contribution in [0.5, 0.6) is 5.75 Å². The molecular weight excluding hydrogens is 201 g/mol. The van der Waals surface area contributed by atoms with Gasteiger partial charge in [-0.05, 0) is 24.1 Å². The quantitative estimate of drug-likeness (QED) is 0.735. The van der Waals surface area contributed by atoms with Gasteiger partial charge in [0.2, 0.25) is 8.60 Å². The van der Waals surface area contributed by atoms with Crippen molar-refractivity contribution in [2.24, 2.45) is 0 Å². The van der Waals surface area contributed by atoms with Crippen molar-refractivity contribution in [3.63, 3.8) is 0 Å². The molecule has 1 rings (SSSR count). The van der Waals surface area contributed by atoms with E-state index in [1.54, 1.807) is 12.1 Å². The van der Waals surface area contributed by atoms with Crippen molar-refractivity contribution in [2.45, 2.75) is 12.8 Å². The molecule has 0 saturated heterocycles. The van der Waals surface area contributed by atoms with Gasteiger partial charge in [-0.1, -0.05) is 12.1 Å². The minimum absolute atomic E-state index is 0.110. The van der Waals surface area contributed by atoms with Gasteiger partial charge >= 0.3 is 5.97 Å². The third kappa shape index (κ3) is 3.54. The molecule has 74 valence electrons. The molecule has 5 heteroatoms. The molecule has 0 aromatic heterocycles. The monoisotopic (exact) mass is 211 g/mol. The van der Waals surface area contributed by atoms with E-state index in [9.17, 15) is 4.79 Å². The topological polar surface area (TPSA) is 70.4 Å². The predicted octanol–water partition coefficient (Wildman–Crippen LogP) is 2.71. The second kappa shape index (κ2) is 5.35. The average molecular weight is 211 g/mol.